The summed E-state index contributed by atoms with van der Waals surface area (Å²) in [5, 5.41) is 5.95. The highest BCUT2D eigenvalue weighted by Gasteiger charge is 2.57. The van der Waals surface area contributed by atoms with Crippen molar-refractivity contribution in [3.8, 4) is 0 Å². The van der Waals surface area contributed by atoms with Gasteiger partial charge in [-0.05, 0) is 86.1 Å². The van der Waals surface area contributed by atoms with Crippen molar-refractivity contribution in [2.24, 2.45) is 22.7 Å². The van der Waals surface area contributed by atoms with Crippen LogP contribution in [0.5, 0.6) is 0 Å². The summed E-state index contributed by atoms with van der Waals surface area (Å²) in [6.45, 7) is 2.58. The maximum atomic E-state index is 3.72. The first-order valence-corrected chi connectivity index (χ1v) is 9.18. The molecular weight excluding hydrogens is 262 g/mol. The van der Waals surface area contributed by atoms with Crippen molar-refractivity contribution >= 4 is 11.3 Å². The molecule has 4 saturated carbocycles. The molecule has 4 bridgehead atoms. The molecule has 4 aliphatic carbocycles. The van der Waals surface area contributed by atoms with Crippen molar-refractivity contribution < 1.29 is 0 Å². The second kappa shape index (κ2) is 4.58. The fourth-order valence-corrected chi connectivity index (χ4v) is 7.21. The monoisotopic (exact) mass is 289 g/mol. The first-order valence-electron chi connectivity index (χ1n) is 8.31. The van der Waals surface area contributed by atoms with Crippen molar-refractivity contribution in [1.29, 1.82) is 0 Å². The lowest BCUT2D eigenvalue weighted by Crippen LogP contribution is -2.58. The van der Waals surface area contributed by atoms with Crippen molar-refractivity contribution in [3.05, 3.63) is 22.4 Å². The molecule has 1 heterocycles. The topological polar surface area (TPSA) is 12.0 Å². The highest BCUT2D eigenvalue weighted by Crippen LogP contribution is 2.66. The first kappa shape index (κ1) is 13.3. The van der Waals surface area contributed by atoms with E-state index in [0.29, 0.717) is 16.9 Å². The minimum Gasteiger partial charge on any atom is -0.316 e. The molecule has 0 spiro atoms. The SMILES string of the molecule is CNC(Cc1cccs1)C12CC3CC(CC(C)(C3)C1)C2. The third kappa shape index (κ3) is 2.07. The molecule has 2 heteroatoms. The van der Waals surface area contributed by atoms with Gasteiger partial charge in [0.25, 0.3) is 0 Å². The summed E-state index contributed by atoms with van der Waals surface area (Å²) in [4.78, 5) is 1.56. The molecule has 0 aromatic carbocycles. The summed E-state index contributed by atoms with van der Waals surface area (Å²) >= 11 is 1.93. The number of hydrogen-bond donors (Lipinski definition) is 1. The van der Waals surface area contributed by atoms with Gasteiger partial charge in [0, 0.05) is 10.9 Å². The minimum absolute atomic E-state index is 0.595. The van der Waals surface area contributed by atoms with Gasteiger partial charge >= 0.3 is 0 Å². The summed E-state index contributed by atoms with van der Waals surface area (Å²) in [6, 6.07) is 5.21. The lowest BCUT2D eigenvalue weighted by molar-refractivity contribution is -0.117. The van der Waals surface area contributed by atoms with E-state index in [4.69, 9.17) is 0 Å². The average molecular weight is 289 g/mol. The van der Waals surface area contributed by atoms with Gasteiger partial charge in [-0.25, -0.2) is 0 Å². The smallest absolute Gasteiger partial charge is 0.0169 e. The second-order valence-electron chi connectivity index (χ2n) is 8.26. The molecule has 1 aromatic heterocycles. The van der Waals surface area contributed by atoms with E-state index in [-0.39, 0.29) is 0 Å². The molecule has 4 aliphatic rings. The Labute approximate surface area is 127 Å². The Kier molecular flexibility index (Phi) is 3.05. The Bertz CT molecular complexity index is 464. The fourth-order valence-electron chi connectivity index (χ4n) is 6.46. The summed E-state index contributed by atoms with van der Waals surface area (Å²) in [5.41, 5.74) is 1.26. The number of nitrogens with one attached hydrogen (secondary N) is 1. The van der Waals surface area contributed by atoms with E-state index in [1.165, 1.54) is 44.9 Å². The molecule has 0 aliphatic heterocycles. The number of hydrogen-bond acceptors (Lipinski definition) is 2. The zero-order valence-corrected chi connectivity index (χ0v) is 13.6. The molecule has 20 heavy (non-hydrogen) atoms. The molecular formula is C18H27NS. The van der Waals surface area contributed by atoms with E-state index in [2.05, 4.69) is 36.8 Å². The lowest BCUT2D eigenvalue weighted by atomic mass is 9.43. The number of rotatable bonds is 4. The Morgan fingerprint density at radius 2 is 2.05 bits per heavy atom. The lowest BCUT2D eigenvalue weighted by Gasteiger charge is -2.63. The molecule has 1 nitrogen and oxygen atoms in total. The minimum atomic E-state index is 0.595. The van der Waals surface area contributed by atoms with Crippen molar-refractivity contribution in [2.75, 3.05) is 7.05 Å². The zero-order valence-electron chi connectivity index (χ0n) is 12.8. The van der Waals surface area contributed by atoms with Crippen LogP contribution in [-0.4, -0.2) is 13.1 Å². The van der Waals surface area contributed by atoms with Gasteiger partial charge in [-0.3, -0.25) is 0 Å². The van der Waals surface area contributed by atoms with Crippen LogP contribution in [-0.2, 0) is 6.42 Å². The van der Waals surface area contributed by atoms with E-state index in [1.54, 1.807) is 4.88 Å². The van der Waals surface area contributed by atoms with E-state index in [9.17, 15) is 0 Å². The van der Waals surface area contributed by atoms with Crippen LogP contribution in [0.25, 0.3) is 0 Å². The quantitative estimate of drug-likeness (QED) is 0.861. The summed E-state index contributed by atoms with van der Waals surface area (Å²) < 4.78 is 0. The number of thiophene rings is 1. The van der Waals surface area contributed by atoms with Crippen LogP contribution in [0.15, 0.2) is 17.5 Å². The third-order valence-electron chi connectivity index (χ3n) is 6.47. The predicted octanol–water partition coefficient (Wildman–Crippen LogP) is 4.49. The average Bonchev–Trinajstić information content (AvgIpc) is 2.85. The normalized spacial score (nSPS) is 43.9. The van der Waals surface area contributed by atoms with E-state index in [1.807, 2.05) is 11.3 Å². The molecule has 4 fully saturated rings. The Morgan fingerprint density at radius 1 is 1.30 bits per heavy atom. The van der Waals surface area contributed by atoms with Gasteiger partial charge in [-0.2, -0.15) is 0 Å². The third-order valence-corrected chi connectivity index (χ3v) is 7.37. The number of likely N-dealkylation sites (N-methyl/N-ethyl adjacent to an activating group) is 1. The van der Waals surface area contributed by atoms with Crippen LogP contribution in [0.2, 0.25) is 0 Å². The molecule has 1 N–H and O–H groups in total. The Balaban J connectivity index is 1.62. The second-order valence-corrected chi connectivity index (χ2v) is 9.29. The summed E-state index contributed by atoms with van der Waals surface area (Å²) in [5.74, 6) is 2.06. The highest BCUT2D eigenvalue weighted by molar-refractivity contribution is 7.09. The standard InChI is InChI=1S/C18H27NS/c1-17-8-13-6-14(9-17)11-18(10-13,12-17)16(19-2)7-15-4-3-5-20-15/h3-5,13-14,16,19H,6-12H2,1-2H3. The molecule has 0 amide bonds. The molecule has 3 unspecified atom stereocenters. The van der Waals surface area contributed by atoms with Gasteiger partial charge in [-0.1, -0.05) is 13.0 Å². The predicted molar refractivity (Wildman–Crippen MR) is 86.1 cm³/mol. The maximum Gasteiger partial charge on any atom is 0.0169 e. The highest BCUT2D eigenvalue weighted by atomic mass is 32.1. The first-order chi connectivity index (χ1) is 9.61. The van der Waals surface area contributed by atoms with Gasteiger partial charge in [0.15, 0.2) is 0 Å². The van der Waals surface area contributed by atoms with Crippen LogP contribution in [0.4, 0.5) is 0 Å². The summed E-state index contributed by atoms with van der Waals surface area (Å²) in [6.07, 6.45) is 10.3. The Hall–Kier alpha value is -0.340. The van der Waals surface area contributed by atoms with Gasteiger partial charge in [-0.15, -0.1) is 11.3 Å². The molecule has 0 saturated heterocycles. The van der Waals surface area contributed by atoms with Gasteiger partial charge < -0.3 is 5.32 Å². The Morgan fingerprint density at radius 3 is 2.60 bits per heavy atom. The van der Waals surface area contributed by atoms with Crippen LogP contribution < -0.4 is 5.32 Å². The van der Waals surface area contributed by atoms with E-state index >= 15 is 0 Å². The van der Waals surface area contributed by atoms with Crippen LogP contribution in [0.3, 0.4) is 0 Å². The molecule has 1 aromatic rings. The molecule has 3 atom stereocenters. The molecule has 5 rings (SSSR count). The van der Waals surface area contributed by atoms with Crippen LogP contribution in [0.1, 0.15) is 50.3 Å². The van der Waals surface area contributed by atoms with E-state index in [0.717, 1.165) is 11.8 Å². The van der Waals surface area contributed by atoms with Gasteiger partial charge in [0.05, 0.1) is 0 Å². The van der Waals surface area contributed by atoms with Gasteiger partial charge in [0.1, 0.15) is 0 Å². The van der Waals surface area contributed by atoms with Crippen molar-refractivity contribution in [3.63, 3.8) is 0 Å². The maximum absolute atomic E-state index is 3.72. The fraction of sp³-hybridized carbons (Fsp3) is 0.778. The van der Waals surface area contributed by atoms with Crippen LogP contribution >= 0.6 is 11.3 Å². The summed E-state index contributed by atoms with van der Waals surface area (Å²) in [7, 11) is 2.19. The zero-order chi connectivity index (χ0) is 13.8. The van der Waals surface area contributed by atoms with Crippen LogP contribution in [0, 0.1) is 22.7 Å². The molecule has 110 valence electrons. The van der Waals surface area contributed by atoms with E-state index < -0.39 is 0 Å². The molecule has 0 radical (unpaired) electrons. The van der Waals surface area contributed by atoms with Crippen molar-refractivity contribution in [1.82, 2.24) is 5.32 Å². The van der Waals surface area contributed by atoms with Crippen molar-refractivity contribution in [2.45, 2.75) is 57.9 Å². The van der Waals surface area contributed by atoms with Gasteiger partial charge in [0.2, 0.25) is 0 Å². The largest absolute Gasteiger partial charge is 0.316 e.